The maximum atomic E-state index is 14.0. The molecule has 1 saturated heterocycles. The number of nitrogens with zero attached hydrogens (tertiary/aromatic N) is 3. The molecule has 1 atom stereocenters. The number of piperazine rings is 1. The van der Waals surface area contributed by atoms with Crippen LogP contribution in [0.15, 0.2) is 35.1 Å². The summed E-state index contributed by atoms with van der Waals surface area (Å²) in [4.78, 5) is 17.7. The molecule has 0 bridgehead atoms. The van der Waals surface area contributed by atoms with Crippen molar-refractivity contribution in [1.82, 2.24) is 14.4 Å². The van der Waals surface area contributed by atoms with E-state index < -0.39 is 6.04 Å². The molecule has 0 amide bonds. The second-order valence-corrected chi connectivity index (χ2v) is 7.06. The topological polar surface area (TPSA) is 48.7 Å². The Morgan fingerprint density at radius 3 is 2.41 bits per heavy atom. The molecular formula is C21H28FN3O2. The standard InChI is InChI=1S/C21H28FN3O2/c1-4-23-9-11-24(12-10-23)20(16-7-6-8-17(22)14-16)19-18(26)13-15(3)25(5-2)21(19)27/h6-8,13-14,20,26H,4-5,9-12H2,1-3H3. The molecule has 0 aliphatic carbocycles. The molecule has 1 N–H and O–H groups in total. The van der Waals surface area contributed by atoms with Crippen LogP contribution in [-0.2, 0) is 6.54 Å². The molecule has 27 heavy (non-hydrogen) atoms. The van der Waals surface area contributed by atoms with E-state index in [-0.39, 0.29) is 17.1 Å². The highest BCUT2D eigenvalue weighted by Gasteiger charge is 2.31. The Morgan fingerprint density at radius 1 is 1.11 bits per heavy atom. The van der Waals surface area contributed by atoms with Crippen molar-refractivity contribution in [1.29, 1.82) is 0 Å². The van der Waals surface area contributed by atoms with E-state index in [1.807, 2.05) is 19.9 Å². The fourth-order valence-electron chi connectivity index (χ4n) is 3.99. The Balaban J connectivity index is 2.13. The summed E-state index contributed by atoms with van der Waals surface area (Å²) in [6, 6.07) is 7.51. The molecular weight excluding hydrogens is 345 g/mol. The minimum atomic E-state index is -0.467. The third-order valence-corrected chi connectivity index (χ3v) is 5.50. The van der Waals surface area contributed by atoms with Crippen LogP contribution in [-0.4, -0.2) is 52.2 Å². The molecule has 6 heteroatoms. The number of halogens is 1. The van der Waals surface area contributed by atoms with Gasteiger partial charge in [0.1, 0.15) is 11.6 Å². The summed E-state index contributed by atoms with van der Waals surface area (Å²) in [5.41, 5.74) is 1.54. The zero-order valence-electron chi connectivity index (χ0n) is 16.3. The van der Waals surface area contributed by atoms with Crippen LogP contribution in [0.2, 0.25) is 0 Å². The number of benzene rings is 1. The van der Waals surface area contributed by atoms with Gasteiger partial charge in [-0.15, -0.1) is 0 Å². The fourth-order valence-corrected chi connectivity index (χ4v) is 3.99. The van der Waals surface area contributed by atoms with Crippen molar-refractivity contribution in [2.75, 3.05) is 32.7 Å². The van der Waals surface area contributed by atoms with E-state index in [2.05, 4.69) is 16.7 Å². The van der Waals surface area contributed by atoms with Crippen LogP contribution in [0.1, 0.15) is 36.7 Å². The Labute approximate surface area is 159 Å². The monoisotopic (exact) mass is 373 g/mol. The van der Waals surface area contributed by atoms with Gasteiger partial charge in [-0.05, 0) is 44.2 Å². The number of hydrogen-bond acceptors (Lipinski definition) is 4. The Kier molecular flexibility index (Phi) is 5.97. The molecule has 0 radical (unpaired) electrons. The molecule has 2 aromatic rings. The van der Waals surface area contributed by atoms with Crippen molar-refractivity contribution in [3.63, 3.8) is 0 Å². The van der Waals surface area contributed by atoms with Gasteiger partial charge in [-0.1, -0.05) is 19.1 Å². The third-order valence-electron chi connectivity index (χ3n) is 5.50. The van der Waals surface area contributed by atoms with Crippen molar-refractivity contribution >= 4 is 0 Å². The minimum absolute atomic E-state index is 0.0191. The molecule has 1 aromatic heterocycles. The summed E-state index contributed by atoms with van der Waals surface area (Å²) in [5, 5.41) is 10.7. The van der Waals surface area contributed by atoms with E-state index >= 15 is 0 Å². The average Bonchev–Trinajstić information content (AvgIpc) is 2.65. The van der Waals surface area contributed by atoms with E-state index in [4.69, 9.17) is 0 Å². The molecule has 2 heterocycles. The van der Waals surface area contributed by atoms with Gasteiger partial charge < -0.3 is 14.6 Å². The van der Waals surface area contributed by atoms with E-state index in [9.17, 15) is 14.3 Å². The first kappa shape index (κ1) is 19.6. The molecule has 1 unspecified atom stereocenters. The highest BCUT2D eigenvalue weighted by atomic mass is 19.1. The summed E-state index contributed by atoms with van der Waals surface area (Å²) >= 11 is 0. The number of aromatic nitrogens is 1. The normalized spacial score (nSPS) is 17.2. The highest BCUT2D eigenvalue weighted by molar-refractivity contribution is 5.41. The lowest BCUT2D eigenvalue weighted by Gasteiger charge is -2.39. The van der Waals surface area contributed by atoms with Gasteiger partial charge in [0.15, 0.2) is 0 Å². The van der Waals surface area contributed by atoms with E-state index in [0.29, 0.717) is 17.7 Å². The van der Waals surface area contributed by atoms with Crippen LogP contribution >= 0.6 is 0 Å². The van der Waals surface area contributed by atoms with Crippen molar-refractivity contribution < 1.29 is 9.50 Å². The predicted molar refractivity (Wildman–Crippen MR) is 105 cm³/mol. The van der Waals surface area contributed by atoms with Gasteiger partial charge in [0, 0.05) is 38.4 Å². The molecule has 3 rings (SSSR count). The lowest BCUT2D eigenvalue weighted by atomic mass is 9.96. The summed E-state index contributed by atoms with van der Waals surface area (Å²) in [5.74, 6) is -0.360. The molecule has 0 spiro atoms. The van der Waals surface area contributed by atoms with Crippen LogP contribution < -0.4 is 5.56 Å². The van der Waals surface area contributed by atoms with Gasteiger partial charge in [0.05, 0.1) is 11.6 Å². The van der Waals surface area contributed by atoms with Gasteiger partial charge in [-0.2, -0.15) is 0 Å². The number of aromatic hydroxyl groups is 1. The van der Waals surface area contributed by atoms with Crippen molar-refractivity contribution in [3.8, 4) is 5.75 Å². The summed E-state index contributed by atoms with van der Waals surface area (Å²) in [7, 11) is 0. The van der Waals surface area contributed by atoms with Gasteiger partial charge in [-0.25, -0.2) is 4.39 Å². The molecule has 5 nitrogen and oxygen atoms in total. The number of pyridine rings is 1. The van der Waals surface area contributed by atoms with Crippen LogP contribution in [0.25, 0.3) is 0 Å². The maximum Gasteiger partial charge on any atom is 0.259 e. The largest absolute Gasteiger partial charge is 0.507 e. The Bertz CT molecular complexity index is 857. The number of rotatable bonds is 5. The fraction of sp³-hybridized carbons (Fsp3) is 0.476. The smallest absolute Gasteiger partial charge is 0.259 e. The van der Waals surface area contributed by atoms with Crippen molar-refractivity contribution in [2.45, 2.75) is 33.4 Å². The van der Waals surface area contributed by atoms with Crippen molar-refractivity contribution in [2.24, 2.45) is 0 Å². The van der Waals surface area contributed by atoms with Crippen LogP contribution in [0.5, 0.6) is 5.75 Å². The summed E-state index contributed by atoms with van der Waals surface area (Å²) < 4.78 is 15.6. The Hall–Kier alpha value is -2.18. The second-order valence-electron chi connectivity index (χ2n) is 7.06. The van der Waals surface area contributed by atoms with Gasteiger partial charge in [-0.3, -0.25) is 9.69 Å². The van der Waals surface area contributed by atoms with Crippen LogP contribution in [0.4, 0.5) is 4.39 Å². The first-order valence-corrected chi connectivity index (χ1v) is 9.61. The molecule has 1 fully saturated rings. The first-order valence-electron chi connectivity index (χ1n) is 9.61. The first-order chi connectivity index (χ1) is 13.0. The SMILES string of the molecule is CCN1CCN(C(c2cccc(F)c2)c2c(O)cc(C)n(CC)c2=O)CC1. The average molecular weight is 373 g/mol. The maximum absolute atomic E-state index is 14.0. The molecule has 1 aliphatic heterocycles. The zero-order valence-corrected chi connectivity index (χ0v) is 16.3. The van der Waals surface area contributed by atoms with Crippen molar-refractivity contribution in [3.05, 3.63) is 63.3 Å². The molecule has 1 aromatic carbocycles. The van der Waals surface area contributed by atoms with E-state index in [0.717, 1.165) is 38.4 Å². The highest BCUT2D eigenvalue weighted by Crippen LogP contribution is 2.33. The number of aryl methyl sites for hydroxylation is 1. The predicted octanol–water partition coefficient (Wildman–Crippen LogP) is 2.75. The van der Waals surface area contributed by atoms with E-state index in [1.54, 1.807) is 16.7 Å². The van der Waals surface area contributed by atoms with Gasteiger partial charge >= 0.3 is 0 Å². The van der Waals surface area contributed by atoms with Crippen LogP contribution in [0, 0.1) is 12.7 Å². The quantitative estimate of drug-likeness (QED) is 0.876. The number of hydrogen-bond donors (Lipinski definition) is 1. The van der Waals surface area contributed by atoms with Crippen LogP contribution in [0.3, 0.4) is 0 Å². The molecule has 146 valence electrons. The Morgan fingerprint density at radius 2 is 1.81 bits per heavy atom. The van der Waals surface area contributed by atoms with E-state index in [1.165, 1.54) is 12.1 Å². The van der Waals surface area contributed by atoms with Gasteiger partial charge in [0.25, 0.3) is 5.56 Å². The number of likely N-dealkylation sites (N-methyl/N-ethyl adjacent to an activating group) is 1. The summed E-state index contributed by atoms with van der Waals surface area (Å²) in [6.07, 6.45) is 0. The molecule has 0 saturated carbocycles. The lowest BCUT2D eigenvalue weighted by Crippen LogP contribution is -2.48. The lowest BCUT2D eigenvalue weighted by molar-refractivity contribution is 0.111. The zero-order chi connectivity index (χ0) is 19.6. The second kappa shape index (κ2) is 8.23. The minimum Gasteiger partial charge on any atom is -0.507 e. The molecule has 1 aliphatic rings. The van der Waals surface area contributed by atoms with Gasteiger partial charge in [0.2, 0.25) is 0 Å². The third kappa shape index (κ3) is 3.92. The summed E-state index contributed by atoms with van der Waals surface area (Å²) in [6.45, 7) is 10.6.